The van der Waals surface area contributed by atoms with Crippen molar-refractivity contribution in [1.82, 2.24) is 14.6 Å². The molecule has 0 aliphatic carbocycles. The van der Waals surface area contributed by atoms with Gasteiger partial charge in [-0.2, -0.15) is 5.26 Å². The van der Waals surface area contributed by atoms with Crippen LogP contribution >= 0.6 is 0 Å². The number of sulfonamides is 1. The van der Waals surface area contributed by atoms with Crippen molar-refractivity contribution < 1.29 is 8.42 Å². The molecule has 0 fully saturated rings. The summed E-state index contributed by atoms with van der Waals surface area (Å²) in [6.07, 6.45) is 3.78. The number of hydrogen-bond donors (Lipinski definition) is 2. The molecule has 0 aliphatic rings. The number of nitriles is 1. The fraction of sp³-hybridized carbons (Fsp3) is 0.545. The van der Waals surface area contributed by atoms with Crippen molar-refractivity contribution in [2.75, 3.05) is 19.3 Å². The summed E-state index contributed by atoms with van der Waals surface area (Å²) in [5.74, 6) is 0. The predicted molar refractivity (Wildman–Crippen MR) is 69.3 cm³/mol. The van der Waals surface area contributed by atoms with Gasteiger partial charge in [-0.1, -0.05) is 0 Å². The highest BCUT2D eigenvalue weighted by Crippen LogP contribution is 2.05. The Bertz CT molecular complexity index is 528. The molecule has 1 aromatic rings. The van der Waals surface area contributed by atoms with Gasteiger partial charge in [-0.15, -0.1) is 0 Å². The Morgan fingerprint density at radius 1 is 1.44 bits per heavy atom. The molecule has 7 heteroatoms. The molecule has 1 rings (SSSR count). The molecule has 2 N–H and O–H groups in total. The zero-order chi connectivity index (χ0) is 13.6. The molecule has 0 amide bonds. The van der Waals surface area contributed by atoms with Gasteiger partial charge in [-0.3, -0.25) is 0 Å². The fourth-order valence-electron chi connectivity index (χ4n) is 1.54. The fourth-order valence-corrected chi connectivity index (χ4v) is 2.06. The van der Waals surface area contributed by atoms with Crippen LogP contribution in [0.3, 0.4) is 0 Å². The quantitative estimate of drug-likeness (QED) is 0.679. The van der Waals surface area contributed by atoms with Crippen LogP contribution in [0.4, 0.5) is 0 Å². The lowest BCUT2D eigenvalue weighted by Gasteiger charge is -2.03. The van der Waals surface area contributed by atoms with Gasteiger partial charge in [0.05, 0.1) is 6.26 Å². The van der Waals surface area contributed by atoms with Crippen LogP contribution in [0.25, 0.3) is 0 Å². The summed E-state index contributed by atoms with van der Waals surface area (Å²) >= 11 is 0. The second kappa shape index (κ2) is 6.54. The Balaban J connectivity index is 2.20. The summed E-state index contributed by atoms with van der Waals surface area (Å²) < 4.78 is 25.8. The first kappa shape index (κ1) is 14.7. The standard InChI is InChI=1S/C11H18N4O2S/c1-15-9-10(6-11(15)7-12)8-13-4-3-5-14-18(2,16)17/h6,9,13-14H,3-5,8H2,1-2H3. The average Bonchev–Trinajstić information content (AvgIpc) is 2.62. The molecule has 6 nitrogen and oxygen atoms in total. The molecular weight excluding hydrogens is 252 g/mol. The summed E-state index contributed by atoms with van der Waals surface area (Å²) in [6, 6.07) is 3.94. The van der Waals surface area contributed by atoms with E-state index in [0.29, 0.717) is 18.8 Å². The van der Waals surface area contributed by atoms with E-state index in [0.717, 1.165) is 24.8 Å². The van der Waals surface area contributed by atoms with Crippen LogP contribution in [0.1, 0.15) is 17.7 Å². The molecule has 0 saturated heterocycles. The lowest BCUT2D eigenvalue weighted by molar-refractivity contribution is 0.579. The van der Waals surface area contributed by atoms with Crippen LogP contribution in [0.15, 0.2) is 12.3 Å². The highest BCUT2D eigenvalue weighted by molar-refractivity contribution is 7.88. The van der Waals surface area contributed by atoms with Gasteiger partial charge >= 0.3 is 0 Å². The third kappa shape index (κ3) is 5.31. The van der Waals surface area contributed by atoms with Crippen molar-refractivity contribution in [2.45, 2.75) is 13.0 Å². The molecule has 0 radical (unpaired) electrons. The Labute approximate surface area is 108 Å². The van der Waals surface area contributed by atoms with Crippen molar-refractivity contribution in [3.8, 4) is 6.07 Å². The van der Waals surface area contributed by atoms with Crippen molar-refractivity contribution >= 4 is 10.0 Å². The van der Waals surface area contributed by atoms with Crippen molar-refractivity contribution in [1.29, 1.82) is 5.26 Å². The summed E-state index contributed by atoms with van der Waals surface area (Å²) in [6.45, 7) is 1.83. The van der Waals surface area contributed by atoms with Crippen LogP contribution in [0, 0.1) is 11.3 Å². The molecule has 1 aromatic heterocycles. The number of rotatable bonds is 7. The van der Waals surface area contributed by atoms with Crippen LogP contribution in [0.2, 0.25) is 0 Å². The van der Waals surface area contributed by atoms with Gasteiger partial charge in [-0.25, -0.2) is 13.1 Å². The van der Waals surface area contributed by atoms with Crippen molar-refractivity contribution in [3.63, 3.8) is 0 Å². The van der Waals surface area contributed by atoms with E-state index in [2.05, 4.69) is 16.1 Å². The molecule has 0 aliphatic heterocycles. The first-order chi connectivity index (χ1) is 8.42. The van der Waals surface area contributed by atoms with E-state index in [-0.39, 0.29) is 0 Å². The van der Waals surface area contributed by atoms with E-state index in [1.54, 1.807) is 4.57 Å². The normalized spacial score (nSPS) is 11.4. The number of nitrogens with zero attached hydrogens (tertiary/aromatic N) is 2. The van der Waals surface area contributed by atoms with Crippen LogP contribution in [-0.4, -0.2) is 32.3 Å². The lowest BCUT2D eigenvalue weighted by atomic mass is 10.3. The summed E-state index contributed by atoms with van der Waals surface area (Å²) in [4.78, 5) is 0. The van der Waals surface area contributed by atoms with Gasteiger partial charge in [0, 0.05) is 26.3 Å². The minimum absolute atomic E-state index is 0.435. The number of aryl methyl sites for hydroxylation is 1. The van der Waals surface area contributed by atoms with Gasteiger partial charge in [0.2, 0.25) is 10.0 Å². The maximum Gasteiger partial charge on any atom is 0.208 e. The molecule has 1 heterocycles. The van der Waals surface area contributed by atoms with E-state index in [1.807, 2.05) is 19.3 Å². The highest BCUT2D eigenvalue weighted by atomic mass is 32.2. The van der Waals surface area contributed by atoms with E-state index in [4.69, 9.17) is 5.26 Å². The predicted octanol–water partition coefficient (Wildman–Crippen LogP) is -0.0743. The Morgan fingerprint density at radius 3 is 2.72 bits per heavy atom. The van der Waals surface area contributed by atoms with E-state index in [1.165, 1.54) is 0 Å². The first-order valence-electron chi connectivity index (χ1n) is 5.63. The summed E-state index contributed by atoms with van der Waals surface area (Å²) in [7, 11) is -1.25. The highest BCUT2D eigenvalue weighted by Gasteiger charge is 2.02. The molecule has 100 valence electrons. The van der Waals surface area contributed by atoms with Crippen molar-refractivity contribution in [2.24, 2.45) is 7.05 Å². The third-order valence-corrected chi connectivity index (χ3v) is 3.13. The average molecular weight is 270 g/mol. The topological polar surface area (TPSA) is 86.9 Å². The molecule has 0 bridgehead atoms. The smallest absolute Gasteiger partial charge is 0.208 e. The maximum absolute atomic E-state index is 10.8. The van der Waals surface area contributed by atoms with Gasteiger partial charge in [0.15, 0.2) is 0 Å². The monoisotopic (exact) mass is 270 g/mol. The lowest BCUT2D eigenvalue weighted by Crippen LogP contribution is -2.26. The van der Waals surface area contributed by atoms with Gasteiger partial charge < -0.3 is 9.88 Å². The number of hydrogen-bond acceptors (Lipinski definition) is 4. The van der Waals surface area contributed by atoms with Crippen LogP contribution in [-0.2, 0) is 23.6 Å². The van der Waals surface area contributed by atoms with Crippen LogP contribution in [0.5, 0.6) is 0 Å². The Morgan fingerprint density at radius 2 is 2.17 bits per heavy atom. The minimum atomic E-state index is -3.09. The summed E-state index contributed by atoms with van der Waals surface area (Å²) in [5, 5.41) is 12.0. The Hall–Kier alpha value is -1.36. The second-order valence-electron chi connectivity index (χ2n) is 4.15. The zero-order valence-electron chi connectivity index (χ0n) is 10.6. The van der Waals surface area contributed by atoms with Gasteiger partial charge in [0.25, 0.3) is 0 Å². The maximum atomic E-state index is 10.8. The first-order valence-corrected chi connectivity index (χ1v) is 7.52. The number of nitrogens with one attached hydrogen (secondary N) is 2. The minimum Gasteiger partial charge on any atom is -0.342 e. The molecular formula is C11H18N4O2S. The van der Waals surface area contributed by atoms with E-state index >= 15 is 0 Å². The van der Waals surface area contributed by atoms with Crippen LogP contribution < -0.4 is 10.0 Å². The second-order valence-corrected chi connectivity index (χ2v) is 5.99. The van der Waals surface area contributed by atoms with E-state index in [9.17, 15) is 8.42 Å². The van der Waals surface area contributed by atoms with E-state index < -0.39 is 10.0 Å². The molecule has 0 unspecified atom stereocenters. The summed E-state index contributed by atoms with van der Waals surface area (Å²) in [5.41, 5.74) is 1.68. The molecule has 0 spiro atoms. The third-order valence-electron chi connectivity index (χ3n) is 2.40. The molecule has 0 saturated carbocycles. The molecule has 0 atom stereocenters. The molecule has 18 heavy (non-hydrogen) atoms. The molecule has 0 aromatic carbocycles. The number of aromatic nitrogens is 1. The zero-order valence-corrected chi connectivity index (χ0v) is 11.4. The SMILES string of the molecule is Cn1cc(CNCCCNS(C)(=O)=O)cc1C#N. The van der Waals surface area contributed by atoms with Gasteiger partial charge in [0.1, 0.15) is 11.8 Å². The largest absolute Gasteiger partial charge is 0.342 e. The van der Waals surface area contributed by atoms with Gasteiger partial charge in [-0.05, 0) is 24.6 Å². The Kier molecular flexibility index (Phi) is 5.34. The van der Waals surface area contributed by atoms with Crippen molar-refractivity contribution in [3.05, 3.63) is 23.5 Å².